The van der Waals surface area contributed by atoms with E-state index in [9.17, 15) is 33.6 Å². The second-order valence-corrected chi connectivity index (χ2v) is 11.4. The minimum Gasteiger partial charge on any atom is -0.464 e. The average molecular weight is 665 g/mol. The molecule has 0 aliphatic carbocycles. The Hall–Kier alpha value is -4.87. The van der Waals surface area contributed by atoms with Crippen molar-refractivity contribution in [2.45, 2.75) is 104 Å². The lowest BCUT2D eigenvalue weighted by atomic mass is 9.99. The number of unbranched alkanes of at least 4 members (excludes halogenated alkanes) is 1. The molecule has 0 aliphatic rings. The first-order valence-electron chi connectivity index (χ1n) is 16.6. The Morgan fingerprint density at radius 2 is 1.04 bits per heavy atom. The van der Waals surface area contributed by atoms with Crippen LogP contribution in [0.15, 0.2) is 48.5 Å². The van der Waals surface area contributed by atoms with E-state index < -0.39 is 54.3 Å². The maximum absolute atomic E-state index is 13.7. The molecule has 260 valence electrons. The minimum atomic E-state index is -1.46. The molecule has 0 saturated carbocycles. The third-order valence-electron chi connectivity index (χ3n) is 7.21. The summed E-state index contributed by atoms with van der Waals surface area (Å²) in [7, 11) is 0. The first-order valence-corrected chi connectivity index (χ1v) is 16.6. The molecule has 12 nitrogen and oxygen atoms in total. The molecule has 4 amide bonds. The molecule has 0 saturated heterocycles. The largest absolute Gasteiger partial charge is 0.464 e. The van der Waals surface area contributed by atoms with Gasteiger partial charge in [0.15, 0.2) is 11.6 Å². The average Bonchev–Trinajstić information content (AvgIpc) is 3.04. The van der Waals surface area contributed by atoms with Gasteiger partial charge < -0.3 is 26.0 Å². The van der Waals surface area contributed by atoms with E-state index in [-0.39, 0.29) is 60.2 Å². The van der Waals surface area contributed by atoms with Crippen LogP contribution in [0.25, 0.3) is 0 Å². The Kier molecular flexibility index (Phi) is 17.3. The molecule has 48 heavy (non-hydrogen) atoms. The van der Waals surface area contributed by atoms with Crippen LogP contribution in [0.2, 0.25) is 0 Å². The van der Waals surface area contributed by atoms with Gasteiger partial charge in [-0.15, -0.1) is 0 Å². The lowest BCUT2D eigenvalue weighted by molar-refractivity contribution is -0.148. The Morgan fingerprint density at radius 3 is 1.52 bits per heavy atom. The number of Topliss-reactive ketones (excluding diaryl/α,β-unsaturated/α-hetero) is 2. The highest BCUT2D eigenvalue weighted by molar-refractivity contribution is 6.08. The molecule has 2 aromatic carbocycles. The maximum Gasteiger partial charge on any atom is 0.329 e. The number of benzene rings is 2. The molecule has 2 rings (SSSR count). The summed E-state index contributed by atoms with van der Waals surface area (Å²) in [6.45, 7) is 7.46. The number of amides is 4. The summed E-state index contributed by atoms with van der Waals surface area (Å²) in [5.41, 5.74) is 0.835. The Morgan fingerprint density at radius 1 is 0.583 bits per heavy atom. The molecular formula is C36H48N4O8. The van der Waals surface area contributed by atoms with Gasteiger partial charge in [0.2, 0.25) is 23.6 Å². The highest BCUT2D eigenvalue weighted by Crippen LogP contribution is 2.21. The molecule has 2 aromatic rings. The van der Waals surface area contributed by atoms with Crippen LogP contribution in [0, 0.1) is 0 Å². The van der Waals surface area contributed by atoms with Crippen LogP contribution < -0.4 is 21.3 Å². The molecule has 4 N–H and O–H groups in total. The fourth-order valence-corrected chi connectivity index (χ4v) is 4.73. The number of hydrogen-bond donors (Lipinski definition) is 4. The molecule has 12 heteroatoms. The predicted molar refractivity (Wildman–Crippen MR) is 182 cm³/mol. The van der Waals surface area contributed by atoms with Crippen molar-refractivity contribution in [2.75, 3.05) is 17.2 Å². The van der Waals surface area contributed by atoms with Crippen molar-refractivity contribution in [1.29, 1.82) is 0 Å². The van der Waals surface area contributed by atoms with Crippen LogP contribution >= 0.6 is 0 Å². The van der Waals surface area contributed by atoms with Gasteiger partial charge >= 0.3 is 5.97 Å². The van der Waals surface area contributed by atoms with Crippen molar-refractivity contribution >= 4 is 52.5 Å². The summed E-state index contributed by atoms with van der Waals surface area (Å²) < 4.78 is 5.36. The Bertz CT molecular complexity index is 1440. The molecule has 2 atom stereocenters. The van der Waals surface area contributed by atoms with Gasteiger partial charge in [-0.2, -0.15) is 0 Å². The SMILES string of the molecule is CCCCOC(=O)C(CC(=O)c1ccccc1NC(=O)CCC)NC(=O)C(CC(=O)c1ccccc1NC(=O)CCC)NC(=O)CCC. The third-order valence-corrected chi connectivity index (χ3v) is 7.21. The van der Waals surface area contributed by atoms with Crippen molar-refractivity contribution < 1.29 is 38.3 Å². The quantitative estimate of drug-likeness (QED) is 0.0807. The van der Waals surface area contributed by atoms with Crippen LogP contribution in [0.4, 0.5) is 11.4 Å². The number of hydrogen-bond acceptors (Lipinski definition) is 8. The van der Waals surface area contributed by atoms with Gasteiger partial charge in [0.25, 0.3) is 0 Å². The van der Waals surface area contributed by atoms with Gasteiger partial charge in [-0.25, -0.2) is 4.79 Å². The standard InChI is InChI=1S/C36H48N4O8/c1-5-9-21-48-36(47)29(23-31(42)25-18-11-13-20-27(25)38-33(44)15-7-3)40-35(46)28(39-34(45)16-8-4)22-30(41)24-17-10-12-19-26(24)37-32(43)14-6-2/h10-13,17-20,28-29H,5-9,14-16,21-23H2,1-4H3,(H,37,43)(H,38,44)(H,39,45)(H,40,46). The number of ketones is 2. The zero-order chi connectivity index (χ0) is 35.5. The second-order valence-electron chi connectivity index (χ2n) is 11.4. The van der Waals surface area contributed by atoms with Crippen LogP contribution in [-0.2, 0) is 28.7 Å². The van der Waals surface area contributed by atoms with E-state index in [1.54, 1.807) is 43.3 Å². The van der Waals surface area contributed by atoms with Crippen LogP contribution in [0.5, 0.6) is 0 Å². The van der Waals surface area contributed by atoms with Crippen molar-refractivity contribution in [3.63, 3.8) is 0 Å². The maximum atomic E-state index is 13.7. The summed E-state index contributed by atoms with van der Waals surface area (Å²) in [6, 6.07) is 9.84. The van der Waals surface area contributed by atoms with E-state index in [0.29, 0.717) is 25.7 Å². The topological polar surface area (TPSA) is 177 Å². The number of esters is 1. The highest BCUT2D eigenvalue weighted by atomic mass is 16.5. The van der Waals surface area contributed by atoms with Gasteiger partial charge in [-0.05, 0) is 49.9 Å². The van der Waals surface area contributed by atoms with Gasteiger partial charge in [0.05, 0.1) is 18.0 Å². The molecule has 0 aliphatic heterocycles. The smallest absolute Gasteiger partial charge is 0.329 e. The van der Waals surface area contributed by atoms with Crippen LogP contribution in [-0.4, -0.2) is 59.9 Å². The van der Waals surface area contributed by atoms with Crippen LogP contribution in [0.1, 0.15) is 113 Å². The van der Waals surface area contributed by atoms with Gasteiger partial charge in [0, 0.05) is 43.2 Å². The number of rotatable bonds is 21. The lowest BCUT2D eigenvalue weighted by Gasteiger charge is -2.23. The lowest BCUT2D eigenvalue weighted by Crippen LogP contribution is -2.53. The molecule has 0 radical (unpaired) electrons. The summed E-state index contributed by atoms with van der Waals surface area (Å²) in [5, 5.41) is 10.5. The summed E-state index contributed by atoms with van der Waals surface area (Å²) >= 11 is 0. The van der Waals surface area contributed by atoms with Crippen molar-refractivity contribution in [3.05, 3.63) is 59.7 Å². The molecule has 0 fully saturated rings. The number of nitrogens with one attached hydrogen (secondary N) is 4. The second kappa shape index (κ2) is 21.1. The fourth-order valence-electron chi connectivity index (χ4n) is 4.73. The molecule has 0 heterocycles. The number of para-hydroxylation sites is 2. The van der Waals surface area contributed by atoms with E-state index >= 15 is 0 Å². The molecule has 0 bridgehead atoms. The highest BCUT2D eigenvalue weighted by Gasteiger charge is 2.32. The number of ether oxygens (including phenoxy) is 1. The Labute approximate surface area is 282 Å². The summed E-state index contributed by atoms with van der Waals surface area (Å²) in [5.74, 6) is -3.83. The molecule has 0 aromatic heterocycles. The normalized spacial score (nSPS) is 11.8. The van der Waals surface area contributed by atoms with Gasteiger partial charge in [-0.3, -0.25) is 28.8 Å². The van der Waals surface area contributed by atoms with E-state index in [0.717, 1.165) is 6.42 Å². The number of anilines is 2. The molecule has 2 unspecified atom stereocenters. The number of carbonyl (C=O) groups excluding carboxylic acids is 7. The Balaban J connectivity index is 2.37. The molecular weight excluding hydrogens is 616 g/mol. The van der Waals surface area contributed by atoms with Gasteiger partial charge in [-0.1, -0.05) is 58.4 Å². The first kappa shape index (κ1) is 39.3. The minimum absolute atomic E-state index is 0.0647. The fraction of sp³-hybridized carbons (Fsp3) is 0.472. The van der Waals surface area contributed by atoms with E-state index in [2.05, 4.69) is 21.3 Å². The van der Waals surface area contributed by atoms with Crippen molar-refractivity contribution in [1.82, 2.24) is 10.6 Å². The summed E-state index contributed by atoms with van der Waals surface area (Å²) in [4.78, 5) is 91.2. The van der Waals surface area contributed by atoms with E-state index in [4.69, 9.17) is 4.74 Å². The first-order chi connectivity index (χ1) is 23.0. The van der Waals surface area contributed by atoms with E-state index in [1.807, 2.05) is 20.8 Å². The van der Waals surface area contributed by atoms with Crippen molar-refractivity contribution in [3.8, 4) is 0 Å². The van der Waals surface area contributed by atoms with Crippen molar-refractivity contribution in [2.24, 2.45) is 0 Å². The number of carbonyl (C=O) groups is 7. The zero-order valence-electron chi connectivity index (χ0n) is 28.3. The van der Waals surface area contributed by atoms with Gasteiger partial charge in [0.1, 0.15) is 12.1 Å². The van der Waals surface area contributed by atoms with E-state index in [1.165, 1.54) is 12.1 Å². The van der Waals surface area contributed by atoms with Crippen LogP contribution in [0.3, 0.4) is 0 Å². The zero-order valence-corrected chi connectivity index (χ0v) is 28.3. The monoisotopic (exact) mass is 664 g/mol. The third kappa shape index (κ3) is 13.1. The predicted octanol–water partition coefficient (Wildman–Crippen LogP) is 5.12. The summed E-state index contributed by atoms with van der Waals surface area (Å²) in [6.07, 6.45) is 2.60. The molecule has 0 spiro atoms.